The average molecular weight is 298 g/mol. The quantitative estimate of drug-likeness (QED) is 0.491. The van der Waals surface area contributed by atoms with Gasteiger partial charge in [0.15, 0.2) is 0 Å². The molecule has 1 fully saturated rings. The van der Waals surface area contributed by atoms with Gasteiger partial charge in [-0.05, 0) is 17.7 Å². The molecular formula is C16H14N2O4. The molecule has 1 unspecified atom stereocenters. The van der Waals surface area contributed by atoms with Crippen molar-refractivity contribution in [3.8, 4) is 16.9 Å². The second-order valence-electron chi connectivity index (χ2n) is 5.07. The van der Waals surface area contributed by atoms with Gasteiger partial charge in [0.25, 0.3) is 6.47 Å². The second-order valence-corrected chi connectivity index (χ2v) is 5.07. The minimum Gasteiger partial charge on any atom is -0.454 e. The van der Waals surface area contributed by atoms with Crippen molar-refractivity contribution in [2.45, 2.75) is 12.5 Å². The Kier molecular flexibility index (Phi) is 3.50. The van der Waals surface area contributed by atoms with E-state index in [0.29, 0.717) is 24.2 Å². The third kappa shape index (κ3) is 2.50. The summed E-state index contributed by atoms with van der Waals surface area (Å²) in [5.74, 6) is -0.00459. The lowest BCUT2D eigenvalue weighted by molar-refractivity contribution is -0.139. The van der Waals surface area contributed by atoms with E-state index in [-0.39, 0.29) is 0 Å². The van der Waals surface area contributed by atoms with Gasteiger partial charge in [-0.2, -0.15) is 5.10 Å². The average Bonchev–Trinajstić information content (AvgIpc) is 3.06. The van der Waals surface area contributed by atoms with Gasteiger partial charge in [0, 0.05) is 36.4 Å². The van der Waals surface area contributed by atoms with E-state index >= 15 is 0 Å². The van der Waals surface area contributed by atoms with Crippen LogP contribution in [0.5, 0.6) is 5.75 Å². The minimum atomic E-state index is -0.439. The normalized spacial score (nSPS) is 17.4. The maximum Gasteiger partial charge on any atom is 0.334 e. The van der Waals surface area contributed by atoms with E-state index in [1.807, 2.05) is 19.3 Å². The smallest absolute Gasteiger partial charge is 0.334 e. The highest BCUT2D eigenvalue weighted by molar-refractivity contribution is 5.90. The maximum absolute atomic E-state index is 11.6. The third-order valence-electron chi connectivity index (χ3n) is 3.54. The molecule has 0 N–H and O–H groups in total. The summed E-state index contributed by atoms with van der Waals surface area (Å²) in [4.78, 5) is 22.1. The molecule has 0 bridgehead atoms. The van der Waals surface area contributed by atoms with E-state index < -0.39 is 12.1 Å². The van der Waals surface area contributed by atoms with E-state index in [4.69, 9.17) is 9.47 Å². The van der Waals surface area contributed by atoms with Crippen LogP contribution in [-0.2, 0) is 21.4 Å². The van der Waals surface area contributed by atoms with Gasteiger partial charge in [0.2, 0.25) is 0 Å². The van der Waals surface area contributed by atoms with Crippen molar-refractivity contribution in [3.63, 3.8) is 0 Å². The number of carbonyl (C=O) groups is 2. The van der Waals surface area contributed by atoms with Gasteiger partial charge in [0.05, 0.1) is 6.20 Å². The number of cyclic esters (lactones) is 1. The van der Waals surface area contributed by atoms with Crippen LogP contribution in [0.25, 0.3) is 11.1 Å². The van der Waals surface area contributed by atoms with Crippen LogP contribution in [0.2, 0.25) is 0 Å². The molecule has 112 valence electrons. The molecule has 0 saturated carbocycles. The number of hydrogen-bond donors (Lipinski definition) is 0. The van der Waals surface area contributed by atoms with E-state index in [2.05, 4.69) is 11.7 Å². The van der Waals surface area contributed by atoms with Crippen LogP contribution >= 0.6 is 0 Å². The molecule has 2 aromatic rings. The Bertz CT molecular complexity index is 747. The van der Waals surface area contributed by atoms with E-state index in [1.165, 1.54) is 0 Å². The van der Waals surface area contributed by atoms with E-state index in [0.717, 1.165) is 16.7 Å². The molecule has 1 aromatic heterocycles. The van der Waals surface area contributed by atoms with E-state index in [9.17, 15) is 9.59 Å². The van der Waals surface area contributed by atoms with Crippen molar-refractivity contribution in [2.75, 3.05) is 0 Å². The molecule has 3 rings (SSSR count). The molecule has 0 aliphatic carbocycles. The summed E-state index contributed by atoms with van der Waals surface area (Å²) in [5.41, 5.74) is 2.96. The topological polar surface area (TPSA) is 70.4 Å². The van der Waals surface area contributed by atoms with Crippen molar-refractivity contribution in [1.82, 2.24) is 9.78 Å². The molecule has 22 heavy (non-hydrogen) atoms. The van der Waals surface area contributed by atoms with E-state index in [1.54, 1.807) is 23.0 Å². The number of carbonyl (C=O) groups excluding carboxylic acids is 2. The van der Waals surface area contributed by atoms with Gasteiger partial charge in [-0.1, -0.05) is 12.6 Å². The standard InChI is InChI=1S/C16H14N2O4/c1-10-5-15(22-16(10)20)14-6-12(21-9-19)3-4-13(14)11-7-17-18(2)8-11/h3-4,6-9,15H,1,5H2,2H3. The lowest BCUT2D eigenvalue weighted by atomic mass is 9.95. The molecule has 1 aliphatic rings. The van der Waals surface area contributed by atoms with Crippen molar-refractivity contribution >= 4 is 12.4 Å². The molecule has 6 heteroatoms. The molecule has 1 aromatic carbocycles. The van der Waals surface area contributed by atoms with Crippen LogP contribution < -0.4 is 4.74 Å². The summed E-state index contributed by atoms with van der Waals surface area (Å²) in [7, 11) is 1.82. The highest BCUT2D eigenvalue weighted by Crippen LogP contribution is 2.39. The zero-order valence-electron chi connectivity index (χ0n) is 12.0. The fourth-order valence-corrected chi connectivity index (χ4v) is 2.49. The SMILES string of the molecule is C=C1CC(c2cc(OC=O)ccc2-c2cnn(C)c2)OC1=O. The summed E-state index contributed by atoms with van der Waals surface area (Å²) in [6.07, 6.45) is 3.57. The van der Waals surface area contributed by atoms with Crippen LogP contribution in [-0.4, -0.2) is 22.2 Å². The minimum absolute atomic E-state index is 0.364. The Morgan fingerprint density at radius 1 is 1.50 bits per heavy atom. The number of aromatic nitrogens is 2. The number of hydrogen-bond acceptors (Lipinski definition) is 5. The van der Waals surface area contributed by atoms with Crippen LogP contribution in [0.3, 0.4) is 0 Å². The molecule has 1 atom stereocenters. The number of ether oxygens (including phenoxy) is 2. The molecular weight excluding hydrogens is 284 g/mol. The fraction of sp³-hybridized carbons (Fsp3) is 0.188. The van der Waals surface area contributed by atoms with Gasteiger partial charge in [0.1, 0.15) is 11.9 Å². The number of aryl methyl sites for hydroxylation is 1. The van der Waals surface area contributed by atoms with Crippen molar-refractivity contribution < 1.29 is 19.1 Å². The summed E-state index contributed by atoms with van der Waals surface area (Å²) in [5, 5.41) is 4.15. The Hall–Kier alpha value is -2.89. The van der Waals surface area contributed by atoms with Crippen LogP contribution in [0.1, 0.15) is 18.1 Å². The molecule has 1 aliphatic heterocycles. The highest BCUT2D eigenvalue weighted by atomic mass is 16.6. The van der Waals surface area contributed by atoms with Crippen LogP contribution in [0, 0.1) is 0 Å². The predicted molar refractivity (Wildman–Crippen MR) is 77.9 cm³/mol. The Morgan fingerprint density at radius 2 is 2.32 bits per heavy atom. The van der Waals surface area contributed by atoms with Crippen molar-refractivity contribution in [2.24, 2.45) is 7.05 Å². The first kappa shape index (κ1) is 14.1. The van der Waals surface area contributed by atoms with Crippen molar-refractivity contribution in [3.05, 3.63) is 48.3 Å². The molecule has 0 amide bonds. The number of esters is 1. The molecule has 1 saturated heterocycles. The lowest BCUT2D eigenvalue weighted by Crippen LogP contribution is -2.02. The largest absolute Gasteiger partial charge is 0.454 e. The summed E-state index contributed by atoms with van der Waals surface area (Å²) in [6, 6.07) is 5.21. The number of nitrogens with zero attached hydrogens (tertiary/aromatic N) is 2. The summed E-state index contributed by atoms with van der Waals surface area (Å²) in [6.45, 7) is 4.06. The first-order valence-electron chi connectivity index (χ1n) is 6.70. The molecule has 6 nitrogen and oxygen atoms in total. The zero-order chi connectivity index (χ0) is 15.7. The summed E-state index contributed by atoms with van der Waals surface area (Å²) >= 11 is 0. The predicted octanol–water partition coefficient (Wildman–Crippen LogP) is 2.17. The number of benzene rings is 1. The number of rotatable bonds is 4. The van der Waals surface area contributed by atoms with Gasteiger partial charge in [-0.3, -0.25) is 9.48 Å². The lowest BCUT2D eigenvalue weighted by Gasteiger charge is -2.15. The Balaban J connectivity index is 2.07. The monoisotopic (exact) mass is 298 g/mol. The van der Waals surface area contributed by atoms with Crippen molar-refractivity contribution in [1.29, 1.82) is 0 Å². The first-order chi connectivity index (χ1) is 10.6. The maximum atomic E-state index is 11.6. The fourth-order valence-electron chi connectivity index (χ4n) is 2.49. The summed E-state index contributed by atoms with van der Waals surface area (Å²) < 4.78 is 11.9. The van der Waals surface area contributed by atoms with Gasteiger partial charge >= 0.3 is 5.97 Å². The molecule has 0 spiro atoms. The Morgan fingerprint density at radius 3 is 2.91 bits per heavy atom. The third-order valence-corrected chi connectivity index (χ3v) is 3.54. The molecule has 0 radical (unpaired) electrons. The Labute approximate surface area is 127 Å². The zero-order valence-corrected chi connectivity index (χ0v) is 12.0. The van der Waals surface area contributed by atoms with Gasteiger partial charge in [-0.15, -0.1) is 0 Å². The highest BCUT2D eigenvalue weighted by Gasteiger charge is 2.31. The molecule has 2 heterocycles. The van der Waals surface area contributed by atoms with Gasteiger partial charge in [-0.25, -0.2) is 4.79 Å². The van der Waals surface area contributed by atoms with Crippen LogP contribution in [0.15, 0.2) is 42.7 Å². The first-order valence-corrected chi connectivity index (χ1v) is 6.70. The second kappa shape index (κ2) is 5.48. The van der Waals surface area contributed by atoms with Crippen LogP contribution in [0.4, 0.5) is 0 Å². The van der Waals surface area contributed by atoms with Gasteiger partial charge < -0.3 is 9.47 Å².